The van der Waals surface area contributed by atoms with Crippen LogP contribution in [0.15, 0.2) is 0 Å². The van der Waals surface area contributed by atoms with E-state index >= 15 is 0 Å². The maximum absolute atomic E-state index is 9.84. The van der Waals surface area contributed by atoms with Gasteiger partial charge in [-0.25, -0.2) is 0 Å². The fraction of sp³-hybridized carbons (Fsp3) is 0.900. The molecule has 6 atom stereocenters. The minimum absolute atomic E-state index is 0.168. The second-order valence-corrected chi connectivity index (χ2v) is 4.62. The molecular weight excluding hydrogens is 182 g/mol. The van der Waals surface area contributed by atoms with Gasteiger partial charge < -0.3 is 14.6 Å². The van der Waals surface area contributed by atoms with Crippen molar-refractivity contribution in [2.45, 2.75) is 31.3 Å². The fourth-order valence-electron chi connectivity index (χ4n) is 3.56. The first-order valence-corrected chi connectivity index (χ1v) is 5.00. The van der Waals surface area contributed by atoms with E-state index in [2.05, 4.69) is 6.07 Å². The van der Waals surface area contributed by atoms with Crippen molar-refractivity contribution in [1.29, 1.82) is 5.26 Å². The summed E-state index contributed by atoms with van der Waals surface area (Å²) in [4.78, 5) is 0. The molecule has 3 fully saturated rings. The summed E-state index contributed by atoms with van der Waals surface area (Å²) in [6.45, 7) is 0. The Bertz CT molecular complexity index is 313. The molecule has 1 N–H and O–H groups in total. The van der Waals surface area contributed by atoms with Gasteiger partial charge in [0.1, 0.15) is 5.41 Å². The van der Waals surface area contributed by atoms with Crippen LogP contribution >= 0.6 is 0 Å². The summed E-state index contributed by atoms with van der Waals surface area (Å²) >= 11 is 0. The van der Waals surface area contributed by atoms with Gasteiger partial charge in [-0.15, -0.1) is 0 Å². The first-order chi connectivity index (χ1) is 6.73. The molecule has 4 nitrogen and oxygen atoms in total. The number of fused-ring (bicyclic) bond motifs is 1. The van der Waals surface area contributed by atoms with Crippen LogP contribution in [0.3, 0.4) is 0 Å². The molecule has 0 aromatic heterocycles. The molecule has 2 bridgehead atoms. The van der Waals surface area contributed by atoms with Gasteiger partial charge in [-0.1, -0.05) is 0 Å². The van der Waals surface area contributed by atoms with Crippen LogP contribution in [-0.4, -0.2) is 30.7 Å². The molecule has 0 aromatic rings. The standard InChI is InChI=1S/C10H13NO3/c1-13-9-10(4-11)3-5-2-6(10)8(14-9)7(5)12/h5-9,12H,2-3H2,1H3. The maximum atomic E-state index is 9.84. The molecule has 1 aliphatic heterocycles. The van der Waals surface area contributed by atoms with Crippen molar-refractivity contribution in [1.82, 2.24) is 0 Å². The highest BCUT2D eigenvalue weighted by molar-refractivity contribution is 5.22. The molecule has 3 aliphatic rings. The number of nitrogens with zero attached hydrogens (tertiary/aromatic N) is 1. The fourth-order valence-corrected chi connectivity index (χ4v) is 3.56. The van der Waals surface area contributed by atoms with Crippen LogP contribution < -0.4 is 0 Å². The van der Waals surface area contributed by atoms with E-state index in [-0.39, 0.29) is 24.0 Å². The Morgan fingerprint density at radius 3 is 3.00 bits per heavy atom. The van der Waals surface area contributed by atoms with E-state index in [0.29, 0.717) is 0 Å². The summed E-state index contributed by atoms with van der Waals surface area (Å²) in [5.74, 6) is 0.419. The first-order valence-electron chi connectivity index (χ1n) is 5.00. The molecule has 2 saturated carbocycles. The molecule has 76 valence electrons. The zero-order valence-corrected chi connectivity index (χ0v) is 8.01. The third-order valence-electron chi connectivity index (χ3n) is 4.16. The third kappa shape index (κ3) is 0.714. The monoisotopic (exact) mass is 195 g/mol. The van der Waals surface area contributed by atoms with Crippen LogP contribution in [0.2, 0.25) is 0 Å². The topological polar surface area (TPSA) is 62.5 Å². The Hall–Kier alpha value is -0.630. The Kier molecular flexibility index (Phi) is 1.54. The SMILES string of the molecule is COC1OC2C(O)C3CC2C1(C#N)C3. The van der Waals surface area contributed by atoms with Gasteiger partial charge in [0.15, 0.2) is 6.29 Å². The number of methoxy groups -OCH3 is 1. The minimum Gasteiger partial charge on any atom is -0.390 e. The van der Waals surface area contributed by atoms with Crippen LogP contribution in [0.4, 0.5) is 0 Å². The van der Waals surface area contributed by atoms with E-state index in [1.807, 2.05) is 0 Å². The number of nitriles is 1. The van der Waals surface area contributed by atoms with Crippen molar-refractivity contribution >= 4 is 0 Å². The van der Waals surface area contributed by atoms with E-state index in [1.165, 1.54) is 0 Å². The number of rotatable bonds is 1. The van der Waals surface area contributed by atoms with Crippen molar-refractivity contribution in [2.75, 3.05) is 7.11 Å². The number of hydrogen-bond donors (Lipinski definition) is 1. The molecule has 1 saturated heterocycles. The number of ether oxygens (including phenoxy) is 2. The summed E-state index contributed by atoms with van der Waals surface area (Å²) < 4.78 is 10.8. The van der Waals surface area contributed by atoms with E-state index in [0.717, 1.165) is 12.8 Å². The molecule has 3 rings (SSSR count). The predicted molar refractivity (Wildman–Crippen MR) is 45.9 cm³/mol. The quantitative estimate of drug-likeness (QED) is 0.652. The minimum atomic E-state index is -0.483. The summed E-state index contributed by atoms with van der Waals surface area (Å²) in [7, 11) is 1.56. The second kappa shape index (κ2) is 2.48. The number of aliphatic hydroxyl groups is 1. The normalized spacial score (nSPS) is 59.1. The highest BCUT2D eigenvalue weighted by atomic mass is 16.7. The third-order valence-corrected chi connectivity index (χ3v) is 4.16. The molecule has 6 unspecified atom stereocenters. The Morgan fingerprint density at radius 1 is 1.64 bits per heavy atom. The summed E-state index contributed by atoms with van der Waals surface area (Å²) in [5, 5.41) is 19.1. The van der Waals surface area contributed by atoms with E-state index in [1.54, 1.807) is 7.11 Å². The molecule has 0 aromatic carbocycles. The molecular formula is C10H13NO3. The van der Waals surface area contributed by atoms with Crippen LogP contribution in [0.25, 0.3) is 0 Å². The number of hydrogen-bond acceptors (Lipinski definition) is 4. The van der Waals surface area contributed by atoms with Crippen molar-refractivity contribution in [3.63, 3.8) is 0 Å². The second-order valence-electron chi connectivity index (χ2n) is 4.62. The van der Waals surface area contributed by atoms with E-state index < -0.39 is 11.7 Å². The summed E-state index contributed by atoms with van der Waals surface area (Å²) in [6.07, 6.45) is 0.647. The van der Waals surface area contributed by atoms with Crippen LogP contribution in [0, 0.1) is 28.6 Å². The lowest BCUT2D eigenvalue weighted by Crippen LogP contribution is -2.38. The lowest BCUT2D eigenvalue weighted by atomic mass is 9.74. The van der Waals surface area contributed by atoms with Gasteiger partial charge in [-0.05, 0) is 18.8 Å². The van der Waals surface area contributed by atoms with Crippen molar-refractivity contribution < 1.29 is 14.6 Å². The zero-order chi connectivity index (χ0) is 9.92. The molecule has 14 heavy (non-hydrogen) atoms. The summed E-state index contributed by atoms with van der Waals surface area (Å²) in [5.41, 5.74) is -0.483. The van der Waals surface area contributed by atoms with Crippen LogP contribution in [0.5, 0.6) is 0 Å². The van der Waals surface area contributed by atoms with Gasteiger partial charge in [0.25, 0.3) is 0 Å². The van der Waals surface area contributed by atoms with Crippen LogP contribution in [0.1, 0.15) is 12.8 Å². The zero-order valence-electron chi connectivity index (χ0n) is 8.01. The predicted octanol–water partition coefficient (Wildman–Crippen LogP) is 0.268. The maximum Gasteiger partial charge on any atom is 0.176 e. The lowest BCUT2D eigenvalue weighted by molar-refractivity contribution is -0.150. The first kappa shape index (κ1) is 8.66. The van der Waals surface area contributed by atoms with E-state index in [4.69, 9.17) is 9.47 Å². The van der Waals surface area contributed by atoms with Gasteiger partial charge in [-0.2, -0.15) is 5.26 Å². The Labute approximate surface area is 82.4 Å². The molecule has 1 heterocycles. The number of aliphatic hydroxyl groups excluding tert-OH is 1. The average molecular weight is 195 g/mol. The molecule has 0 radical (unpaired) electrons. The summed E-state index contributed by atoms with van der Waals surface area (Å²) in [6, 6.07) is 2.36. The van der Waals surface area contributed by atoms with E-state index in [9.17, 15) is 10.4 Å². The highest BCUT2D eigenvalue weighted by Crippen LogP contribution is 2.63. The molecule has 2 aliphatic carbocycles. The van der Waals surface area contributed by atoms with Crippen LogP contribution in [-0.2, 0) is 9.47 Å². The van der Waals surface area contributed by atoms with Crippen molar-refractivity contribution in [2.24, 2.45) is 17.3 Å². The van der Waals surface area contributed by atoms with Crippen molar-refractivity contribution in [3.05, 3.63) is 0 Å². The van der Waals surface area contributed by atoms with Gasteiger partial charge in [0.05, 0.1) is 18.3 Å². The Morgan fingerprint density at radius 2 is 2.43 bits per heavy atom. The average Bonchev–Trinajstić information content (AvgIpc) is 2.75. The van der Waals surface area contributed by atoms with Gasteiger partial charge in [0, 0.05) is 13.0 Å². The highest BCUT2D eigenvalue weighted by Gasteiger charge is 2.70. The molecule has 4 heteroatoms. The lowest BCUT2D eigenvalue weighted by Gasteiger charge is -2.28. The van der Waals surface area contributed by atoms with Gasteiger partial charge in [-0.3, -0.25) is 0 Å². The Balaban J connectivity index is 2.03. The van der Waals surface area contributed by atoms with Gasteiger partial charge in [0.2, 0.25) is 0 Å². The largest absolute Gasteiger partial charge is 0.390 e. The molecule has 0 amide bonds. The van der Waals surface area contributed by atoms with Crippen molar-refractivity contribution in [3.8, 4) is 6.07 Å². The van der Waals surface area contributed by atoms with Gasteiger partial charge >= 0.3 is 0 Å². The molecule has 0 spiro atoms. The smallest absolute Gasteiger partial charge is 0.176 e.